The van der Waals surface area contributed by atoms with Crippen LogP contribution in [0.3, 0.4) is 0 Å². The van der Waals surface area contributed by atoms with Crippen molar-refractivity contribution >= 4 is 5.91 Å². The molecule has 0 aliphatic carbocycles. The Bertz CT molecular complexity index is 1030. The number of hydrogen-bond acceptors (Lipinski definition) is 3. The summed E-state index contributed by atoms with van der Waals surface area (Å²) in [6, 6.07) is 30.8. The van der Waals surface area contributed by atoms with E-state index in [2.05, 4.69) is 35.2 Å². The number of amides is 1. The summed E-state index contributed by atoms with van der Waals surface area (Å²) in [6.45, 7) is 2.86. The average molecular weight is 424 g/mol. The zero-order valence-corrected chi connectivity index (χ0v) is 18.3. The zero-order valence-electron chi connectivity index (χ0n) is 18.3. The number of likely N-dealkylation sites (tertiary alicyclic amines) is 1. The largest absolute Gasteiger partial charge is 0.366 e. The minimum absolute atomic E-state index is 0.211. The molecule has 1 aliphatic rings. The Labute approximate surface area is 190 Å². The smallest absolute Gasteiger partial charge is 0.248 e. The summed E-state index contributed by atoms with van der Waals surface area (Å²) in [7, 11) is 0. The number of carbonyl (C=O) groups is 1. The molecule has 32 heavy (non-hydrogen) atoms. The van der Waals surface area contributed by atoms with Crippen LogP contribution in [0.2, 0.25) is 0 Å². The number of nitrogens with two attached hydrogens (primary N) is 1. The van der Waals surface area contributed by atoms with Crippen LogP contribution in [-0.2, 0) is 11.8 Å². The third-order valence-corrected chi connectivity index (χ3v) is 6.71. The predicted molar refractivity (Wildman–Crippen MR) is 127 cm³/mol. The molecule has 3 aromatic rings. The van der Waals surface area contributed by atoms with E-state index in [4.69, 9.17) is 5.73 Å². The fraction of sp³-hybridized carbons (Fsp3) is 0.286. The van der Waals surface area contributed by atoms with Gasteiger partial charge in [0.1, 0.15) is 5.41 Å². The predicted octanol–water partition coefficient (Wildman–Crippen LogP) is 4.55. The highest BCUT2D eigenvalue weighted by molar-refractivity contribution is 5.92. The highest BCUT2D eigenvalue weighted by atomic mass is 16.1. The van der Waals surface area contributed by atoms with E-state index in [-0.39, 0.29) is 5.92 Å². The first-order valence-corrected chi connectivity index (χ1v) is 11.3. The third-order valence-electron chi connectivity index (χ3n) is 6.71. The minimum atomic E-state index is -0.662. The lowest BCUT2D eigenvalue weighted by Crippen LogP contribution is -2.46. The Balaban J connectivity index is 1.55. The van der Waals surface area contributed by atoms with Crippen LogP contribution in [0.1, 0.15) is 39.9 Å². The van der Waals surface area contributed by atoms with Crippen molar-refractivity contribution in [2.45, 2.75) is 24.7 Å². The van der Waals surface area contributed by atoms with Crippen molar-refractivity contribution in [1.29, 1.82) is 5.26 Å². The number of hydrogen-bond donors (Lipinski definition) is 1. The first-order chi connectivity index (χ1) is 15.6. The maximum Gasteiger partial charge on any atom is 0.248 e. The molecule has 0 bridgehead atoms. The summed E-state index contributed by atoms with van der Waals surface area (Å²) in [6.07, 6.45) is 3.01. The van der Waals surface area contributed by atoms with Gasteiger partial charge in [-0.1, -0.05) is 72.8 Å². The molecular formula is C28H29N3O. The number of nitrogens with zero attached hydrogens (tertiary/aromatic N) is 2. The highest BCUT2D eigenvalue weighted by Crippen LogP contribution is 2.42. The fourth-order valence-corrected chi connectivity index (χ4v) is 5.00. The zero-order chi connectivity index (χ0) is 22.4. The first-order valence-electron chi connectivity index (χ1n) is 11.3. The number of primary amides is 1. The molecule has 1 atom stereocenters. The molecule has 1 heterocycles. The van der Waals surface area contributed by atoms with Crippen LogP contribution in [-0.4, -0.2) is 30.4 Å². The molecule has 0 aromatic heterocycles. The van der Waals surface area contributed by atoms with Gasteiger partial charge in [0.2, 0.25) is 5.91 Å². The number of benzene rings is 3. The average Bonchev–Trinajstić information content (AvgIpc) is 2.85. The van der Waals surface area contributed by atoms with E-state index in [9.17, 15) is 10.1 Å². The normalized spacial score (nSPS) is 16.9. The molecule has 4 rings (SSSR count). The molecule has 0 saturated carbocycles. The van der Waals surface area contributed by atoms with Gasteiger partial charge < -0.3 is 10.6 Å². The Morgan fingerprint density at radius 2 is 1.56 bits per heavy atom. The highest BCUT2D eigenvalue weighted by Gasteiger charge is 2.44. The monoisotopic (exact) mass is 423 g/mol. The maximum absolute atomic E-state index is 11.3. The second-order valence-corrected chi connectivity index (χ2v) is 8.60. The molecule has 0 radical (unpaired) electrons. The number of rotatable bonds is 7. The van der Waals surface area contributed by atoms with Crippen molar-refractivity contribution in [1.82, 2.24) is 4.90 Å². The van der Waals surface area contributed by atoms with Crippen molar-refractivity contribution in [3.8, 4) is 6.07 Å². The van der Waals surface area contributed by atoms with Crippen molar-refractivity contribution < 1.29 is 4.79 Å². The molecule has 2 N–H and O–H groups in total. The quantitative estimate of drug-likeness (QED) is 0.606. The lowest BCUT2D eigenvalue weighted by atomic mass is 9.64. The number of piperidine rings is 1. The van der Waals surface area contributed by atoms with E-state index in [0.29, 0.717) is 5.56 Å². The van der Waals surface area contributed by atoms with Gasteiger partial charge in [0.05, 0.1) is 6.07 Å². The summed E-state index contributed by atoms with van der Waals surface area (Å²) in [4.78, 5) is 13.8. The first kappa shape index (κ1) is 21.8. The number of carbonyl (C=O) groups excluding carboxylic acids is 1. The molecule has 3 aromatic carbocycles. The summed E-state index contributed by atoms with van der Waals surface area (Å²) in [5.41, 5.74) is 8.56. The van der Waals surface area contributed by atoms with Gasteiger partial charge in [-0.3, -0.25) is 4.79 Å². The van der Waals surface area contributed by atoms with Gasteiger partial charge in [0.15, 0.2) is 0 Å². The van der Waals surface area contributed by atoms with Crippen molar-refractivity contribution in [2.24, 2.45) is 11.7 Å². The molecule has 0 spiro atoms. The van der Waals surface area contributed by atoms with E-state index >= 15 is 0 Å². The molecule has 162 valence electrons. The summed E-state index contributed by atoms with van der Waals surface area (Å²) >= 11 is 0. The second kappa shape index (κ2) is 9.80. The van der Waals surface area contributed by atoms with E-state index in [1.807, 2.05) is 48.5 Å². The van der Waals surface area contributed by atoms with Crippen LogP contribution in [0, 0.1) is 17.2 Å². The van der Waals surface area contributed by atoms with Crippen LogP contribution >= 0.6 is 0 Å². The van der Waals surface area contributed by atoms with Gasteiger partial charge in [-0.2, -0.15) is 5.26 Å². The van der Waals surface area contributed by atoms with E-state index in [1.165, 1.54) is 5.56 Å². The van der Waals surface area contributed by atoms with Gasteiger partial charge in [-0.05, 0) is 60.5 Å². The van der Waals surface area contributed by atoms with Crippen LogP contribution < -0.4 is 5.73 Å². The van der Waals surface area contributed by atoms with Crippen molar-refractivity contribution in [3.05, 3.63) is 107 Å². The number of nitriles is 1. The Morgan fingerprint density at radius 1 is 0.969 bits per heavy atom. The van der Waals surface area contributed by atoms with Crippen LogP contribution in [0.5, 0.6) is 0 Å². The molecule has 1 unspecified atom stereocenters. The van der Waals surface area contributed by atoms with Gasteiger partial charge in [-0.15, -0.1) is 0 Å². The molecule has 1 saturated heterocycles. The third kappa shape index (κ3) is 4.44. The Kier molecular flexibility index (Phi) is 6.68. The SMILES string of the molecule is N#CC(c1ccccc1)(c1ccccc1)C1CCCN(CCc2ccc(C(N)=O)cc2)C1. The molecule has 4 heteroatoms. The van der Waals surface area contributed by atoms with Crippen molar-refractivity contribution in [3.63, 3.8) is 0 Å². The van der Waals surface area contributed by atoms with E-state index in [1.54, 1.807) is 12.1 Å². The van der Waals surface area contributed by atoms with Gasteiger partial charge in [0, 0.05) is 18.7 Å². The molecule has 1 aliphatic heterocycles. The molecule has 1 amide bonds. The lowest BCUT2D eigenvalue weighted by molar-refractivity contribution is 0.100. The van der Waals surface area contributed by atoms with E-state index in [0.717, 1.165) is 50.0 Å². The maximum atomic E-state index is 11.3. The molecule has 1 fully saturated rings. The van der Waals surface area contributed by atoms with Gasteiger partial charge in [0.25, 0.3) is 0 Å². The Morgan fingerprint density at radius 3 is 2.09 bits per heavy atom. The minimum Gasteiger partial charge on any atom is -0.366 e. The van der Waals surface area contributed by atoms with Gasteiger partial charge >= 0.3 is 0 Å². The van der Waals surface area contributed by atoms with Gasteiger partial charge in [-0.25, -0.2) is 0 Å². The van der Waals surface area contributed by atoms with E-state index < -0.39 is 11.3 Å². The molecular weight excluding hydrogens is 394 g/mol. The molecule has 4 nitrogen and oxygen atoms in total. The summed E-state index contributed by atoms with van der Waals surface area (Å²) in [5, 5.41) is 10.6. The summed E-state index contributed by atoms with van der Waals surface area (Å²) < 4.78 is 0. The summed E-state index contributed by atoms with van der Waals surface area (Å²) in [5.74, 6) is -0.187. The Hall–Kier alpha value is -3.42. The lowest BCUT2D eigenvalue weighted by Gasteiger charge is -2.42. The topological polar surface area (TPSA) is 70.1 Å². The standard InChI is InChI=1S/C28H29N3O/c29-21-28(24-8-3-1-4-9-24,25-10-5-2-6-11-25)26-12-7-18-31(20-26)19-17-22-13-15-23(16-14-22)27(30)32/h1-6,8-11,13-16,26H,7,12,17-20H2,(H2,30,32). The second-order valence-electron chi connectivity index (χ2n) is 8.60. The van der Waals surface area contributed by atoms with Crippen LogP contribution in [0.4, 0.5) is 0 Å². The van der Waals surface area contributed by atoms with Crippen LogP contribution in [0.25, 0.3) is 0 Å². The van der Waals surface area contributed by atoms with Crippen LogP contribution in [0.15, 0.2) is 84.9 Å². The fourth-order valence-electron chi connectivity index (χ4n) is 5.00. The van der Waals surface area contributed by atoms with Crippen molar-refractivity contribution in [2.75, 3.05) is 19.6 Å².